The van der Waals surface area contributed by atoms with Crippen molar-refractivity contribution in [3.8, 4) is 0 Å². The predicted octanol–water partition coefficient (Wildman–Crippen LogP) is 0.208. The van der Waals surface area contributed by atoms with Crippen molar-refractivity contribution in [1.29, 1.82) is 0 Å². The summed E-state index contributed by atoms with van der Waals surface area (Å²) in [4.78, 5) is 24.4. The van der Waals surface area contributed by atoms with Crippen LogP contribution in [0, 0.1) is 0 Å². The summed E-state index contributed by atoms with van der Waals surface area (Å²) in [7, 11) is 1.25. The van der Waals surface area contributed by atoms with E-state index in [1.165, 1.54) is 7.11 Å². The van der Waals surface area contributed by atoms with Gasteiger partial charge in [-0.05, 0) is 13.8 Å². The van der Waals surface area contributed by atoms with Gasteiger partial charge in [0.1, 0.15) is 18.0 Å². The van der Waals surface area contributed by atoms with E-state index in [4.69, 9.17) is 0 Å². The zero-order chi connectivity index (χ0) is 8.91. The summed E-state index contributed by atoms with van der Waals surface area (Å²) in [5, 5.41) is 0. The predicted molar refractivity (Wildman–Crippen MR) is 40.7 cm³/mol. The number of rotatable bonds is 3. The van der Waals surface area contributed by atoms with Gasteiger partial charge in [-0.15, -0.1) is 0 Å². The van der Waals surface area contributed by atoms with Crippen LogP contribution in [0.5, 0.6) is 0 Å². The van der Waals surface area contributed by atoms with Gasteiger partial charge in [0.15, 0.2) is 0 Å². The molecule has 4 nitrogen and oxygen atoms in total. The van der Waals surface area contributed by atoms with Crippen LogP contribution in [0.25, 0.3) is 0 Å². The SMILES string of the molecule is COC(=O)/C=N\C(C)(C)C=O. The lowest BCUT2D eigenvalue weighted by Crippen LogP contribution is -2.19. The maximum Gasteiger partial charge on any atom is 0.348 e. The first-order valence-electron chi connectivity index (χ1n) is 3.11. The summed E-state index contributed by atoms with van der Waals surface area (Å²) >= 11 is 0. The molecule has 0 N–H and O–H groups in total. The summed E-state index contributed by atoms with van der Waals surface area (Å²) in [6, 6.07) is 0. The maximum absolute atomic E-state index is 10.5. The number of hydrogen-bond donors (Lipinski definition) is 0. The summed E-state index contributed by atoms with van der Waals surface area (Å²) in [6.45, 7) is 3.19. The topological polar surface area (TPSA) is 55.7 Å². The molecule has 0 aliphatic heterocycles. The van der Waals surface area contributed by atoms with Gasteiger partial charge in [-0.25, -0.2) is 4.79 Å². The Kier molecular flexibility index (Phi) is 3.44. The van der Waals surface area contributed by atoms with Crippen LogP contribution in [0.15, 0.2) is 4.99 Å². The van der Waals surface area contributed by atoms with Gasteiger partial charge < -0.3 is 9.53 Å². The molecule has 0 spiro atoms. The van der Waals surface area contributed by atoms with Crippen molar-refractivity contribution in [2.45, 2.75) is 19.4 Å². The number of nitrogens with zero attached hydrogens (tertiary/aromatic N) is 1. The Morgan fingerprint density at radius 3 is 2.45 bits per heavy atom. The van der Waals surface area contributed by atoms with Crippen molar-refractivity contribution in [2.75, 3.05) is 7.11 Å². The first kappa shape index (κ1) is 9.81. The number of ether oxygens (including phenoxy) is 1. The van der Waals surface area contributed by atoms with Crippen LogP contribution in [0.2, 0.25) is 0 Å². The van der Waals surface area contributed by atoms with Crippen molar-refractivity contribution in [3.63, 3.8) is 0 Å². The van der Waals surface area contributed by atoms with Crippen LogP contribution in [0.3, 0.4) is 0 Å². The Morgan fingerprint density at radius 2 is 2.09 bits per heavy atom. The molecule has 0 rings (SSSR count). The fraction of sp³-hybridized carbons (Fsp3) is 0.571. The second kappa shape index (κ2) is 3.85. The number of carbonyl (C=O) groups is 2. The van der Waals surface area contributed by atoms with Crippen LogP contribution >= 0.6 is 0 Å². The Labute approximate surface area is 65.3 Å². The van der Waals surface area contributed by atoms with Gasteiger partial charge in [-0.1, -0.05) is 0 Å². The monoisotopic (exact) mass is 157 g/mol. The standard InChI is InChI=1S/C7H11NO3/c1-7(2,5-9)8-4-6(10)11-3/h4-5H,1-3H3/b8-4-. The second-order valence-electron chi connectivity index (χ2n) is 2.55. The molecule has 0 aliphatic rings. The Hall–Kier alpha value is -1.19. The molecule has 0 aromatic carbocycles. The minimum absolute atomic E-state index is 0.556. The molecule has 0 saturated carbocycles. The molecular weight excluding hydrogens is 146 g/mol. The van der Waals surface area contributed by atoms with E-state index in [9.17, 15) is 9.59 Å². The fourth-order valence-electron chi connectivity index (χ4n) is 0.302. The number of esters is 1. The molecule has 0 aromatic heterocycles. The molecule has 0 aliphatic carbocycles. The third-order valence-corrected chi connectivity index (χ3v) is 0.992. The lowest BCUT2D eigenvalue weighted by atomic mass is 10.1. The van der Waals surface area contributed by atoms with Gasteiger partial charge in [-0.2, -0.15) is 0 Å². The first-order chi connectivity index (χ1) is 5.02. The van der Waals surface area contributed by atoms with Crippen LogP contribution < -0.4 is 0 Å². The number of aliphatic imine (C=N–C) groups is 1. The molecule has 4 heteroatoms. The minimum Gasteiger partial charge on any atom is -0.465 e. The van der Waals surface area contributed by atoms with E-state index >= 15 is 0 Å². The molecule has 0 heterocycles. The molecule has 0 fully saturated rings. The molecule has 0 atom stereocenters. The number of carbonyl (C=O) groups excluding carboxylic acids is 2. The highest BCUT2D eigenvalue weighted by atomic mass is 16.5. The average Bonchev–Trinajstić information content (AvgIpc) is 2.00. The van der Waals surface area contributed by atoms with Crippen molar-refractivity contribution in [1.82, 2.24) is 0 Å². The van der Waals surface area contributed by atoms with E-state index in [2.05, 4.69) is 9.73 Å². The zero-order valence-corrected chi connectivity index (χ0v) is 6.83. The maximum atomic E-state index is 10.5. The van der Waals surface area contributed by atoms with Crippen molar-refractivity contribution in [3.05, 3.63) is 0 Å². The number of methoxy groups -OCH3 is 1. The van der Waals surface area contributed by atoms with E-state index in [1.54, 1.807) is 13.8 Å². The highest BCUT2D eigenvalue weighted by Gasteiger charge is 2.13. The molecule has 0 radical (unpaired) electrons. The summed E-state index contributed by atoms with van der Waals surface area (Å²) < 4.78 is 4.29. The van der Waals surface area contributed by atoms with Crippen LogP contribution in [-0.2, 0) is 14.3 Å². The lowest BCUT2D eigenvalue weighted by Gasteiger charge is -2.07. The Bertz CT molecular complexity index is 184. The Balaban J connectivity index is 4.11. The van der Waals surface area contributed by atoms with E-state index < -0.39 is 11.5 Å². The quantitative estimate of drug-likeness (QED) is 0.334. The van der Waals surface area contributed by atoms with Gasteiger partial charge >= 0.3 is 5.97 Å². The molecule has 0 amide bonds. The summed E-state index contributed by atoms with van der Waals surface area (Å²) in [5.41, 5.74) is -0.839. The third kappa shape index (κ3) is 4.25. The molecule has 0 aromatic rings. The molecular formula is C7H11NO3. The van der Waals surface area contributed by atoms with Gasteiger partial charge in [0.05, 0.1) is 7.11 Å². The summed E-state index contributed by atoms with van der Waals surface area (Å²) in [5.74, 6) is -0.556. The van der Waals surface area contributed by atoms with Gasteiger partial charge in [0.25, 0.3) is 0 Å². The van der Waals surface area contributed by atoms with Crippen molar-refractivity contribution >= 4 is 18.5 Å². The van der Waals surface area contributed by atoms with Crippen molar-refractivity contribution in [2.24, 2.45) is 4.99 Å². The van der Waals surface area contributed by atoms with Gasteiger partial charge in [0, 0.05) is 0 Å². The van der Waals surface area contributed by atoms with Crippen LogP contribution in [0.1, 0.15) is 13.8 Å². The minimum atomic E-state index is -0.839. The fourth-order valence-corrected chi connectivity index (χ4v) is 0.302. The molecule has 62 valence electrons. The average molecular weight is 157 g/mol. The molecule has 0 saturated heterocycles. The molecule has 0 bridgehead atoms. The third-order valence-electron chi connectivity index (χ3n) is 0.992. The van der Waals surface area contributed by atoms with E-state index in [0.717, 1.165) is 6.21 Å². The smallest absolute Gasteiger partial charge is 0.348 e. The van der Waals surface area contributed by atoms with E-state index in [0.29, 0.717) is 6.29 Å². The van der Waals surface area contributed by atoms with Crippen LogP contribution in [0.4, 0.5) is 0 Å². The zero-order valence-electron chi connectivity index (χ0n) is 6.83. The molecule has 11 heavy (non-hydrogen) atoms. The normalized spacial score (nSPS) is 11.5. The van der Waals surface area contributed by atoms with Crippen LogP contribution in [-0.4, -0.2) is 31.1 Å². The number of hydrogen-bond acceptors (Lipinski definition) is 4. The van der Waals surface area contributed by atoms with E-state index in [-0.39, 0.29) is 0 Å². The van der Waals surface area contributed by atoms with Gasteiger partial charge in [0.2, 0.25) is 0 Å². The van der Waals surface area contributed by atoms with E-state index in [1.807, 2.05) is 0 Å². The summed E-state index contributed by atoms with van der Waals surface area (Å²) in [6.07, 6.45) is 1.65. The largest absolute Gasteiger partial charge is 0.465 e. The van der Waals surface area contributed by atoms with Gasteiger partial charge in [-0.3, -0.25) is 4.99 Å². The second-order valence-corrected chi connectivity index (χ2v) is 2.55. The highest BCUT2D eigenvalue weighted by molar-refractivity contribution is 6.23. The Morgan fingerprint density at radius 1 is 1.55 bits per heavy atom. The first-order valence-corrected chi connectivity index (χ1v) is 3.11. The number of aldehydes is 1. The lowest BCUT2D eigenvalue weighted by molar-refractivity contribution is -0.132. The van der Waals surface area contributed by atoms with Crippen molar-refractivity contribution < 1.29 is 14.3 Å². The highest BCUT2D eigenvalue weighted by Crippen LogP contribution is 2.02. The molecule has 0 unspecified atom stereocenters.